The zero-order chi connectivity index (χ0) is 20.4. The van der Waals surface area contributed by atoms with E-state index in [1.807, 2.05) is 13.8 Å². The van der Waals surface area contributed by atoms with Crippen molar-refractivity contribution in [1.82, 2.24) is 0 Å². The molecule has 1 atom stereocenters. The van der Waals surface area contributed by atoms with Crippen molar-refractivity contribution in [3.8, 4) is 5.75 Å². The molecule has 0 saturated heterocycles. The standard InChI is InChI=1S/C18H18N4O6/c1-11(2)17-19-20(18(28-17)12-4-7-14(27-3)8-5-12)15-9-6-13(21(23)24)10-16(15)22(25)26/h4-11,18H,1-3H3. The summed E-state index contributed by atoms with van der Waals surface area (Å²) in [6.45, 7) is 3.77. The fourth-order valence-corrected chi connectivity index (χ4v) is 2.72. The maximum atomic E-state index is 11.5. The number of nitrogens with zero attached hydrogens (tertiary/aromatic N) is 4. The molecule has 0 fully saturated rings. The average Bonchev–Trinajstić information content (AvgIpc) is 3.13. The average molecular weight is 386 g/mol. The number of methoxy groups -OCH3 is 1. The smallest absolute Gasteiger partial charge is 0.301 e. The molecule has 1 aliphatic rings. The monoisotopic (exact) mass is 386 g/mol. The van der Waals surface area contributed by atoms with Crippen molar-refractivity contribution < 1.29 is 19.3 Å². The van der Waals surface area contributed by atoms with Crippen LogP contribution in [-0.4, -0.2) is 22.9 Å². The number of hydrogen-bond acceptors (Lipinski definition) is 8. The van der Waals surface area contributed by atoms with Gasteiger partial charge < -0.3 is 9.47 Å². The van der Waals surface area contributed by atoms with Crippen molar-refractivity contribution in [3.63, 3.8) is 0 Å². The first-order valence-electron chi connectivity index (χ1n) is 8.43. The fourth-order valence-electron chi connectivity index (χ4n) is 2.72. The molecule has 2 aromatic carbocycles. The predicted octanol–water partition coefficient (Wildman–Crippen LogP) is 4.02. The van der Waals surface area contributed by atoms with Gasteiger partial charge in [-0.15, -0.1) is 5.10 Å². The van der Waals surface area contributed by atoms with E-state index in [9.17, 15) is 20.2 Å². The molecule has 0 spiro atoms. The zero-order valence-corrected chi connectivity index (χ0v) is 15.4. The second kappa shape index (κ2) is 7.51. The van der Waals surface area contributed by atoms with Gasteiger partial charge in [0.05, 0.1) is 23.0 Å². The van der Waals surface area contributed by atoms with Crippen molar-refractivity contribution in [2.75, 3.05) is 12.1 Å². The molecule has 0 bridgehead atoms. The highest BCUT2D eigenvalue weighted by molar-refractivity contribution is 5.83. The molecule has 3 rings (SSSR count). The van der Waals surface area contributed by atoms with Gasteiger partial charge in [0, 0.05) is 17.5 Å². The van der Waals surface area contributed by atoms with E-state index in [1.165, 1.54) is 17.1 Å². The SMILES string of the molecule is COc1ccc(C2OC(C(C)C)=NN2c2ccc([N+](=O)[O-])cc2[N+](=O)[O-])cc1. The van der Waals surface area contributed by atoms with Crippen LogP contribution in [0.5, 0.6) is 5.75 Å². The molecule has 146 valence electrons. The van der Waals surface area contributed by atoms with Gasteiger partial charge in [-0.2, -0.15) is 0 Å². The molecule has 10 heteroatoms. The lowest BCUT2D eigenvalue weighted by Crippen LogP contribution is -2.21. The Morgan fingerprint density at radius 1 is 1.11 bits per heavy atom. The van der Waals surface area contributed by atoms with Crippen LogP contribution in [0.25, 0.3) is 0 Å². The Hall–Kier alpha value is -3.69. The minimum Gasteiger partial charge on any atom is -0.497 e. The Balaban J connectivity index is 2.09. The molecule has 28 heavy (non-hydrogen) atoms. The van der Waals surface area contributed by atoms with Gasteiger partial charge in [0.2, 0.25) is 12.1 Å². The molecule has 0 aromatic heterocycles. The van der Waals surface area contributed by atoms with E-state index in [4.69, 9.17) is 9.47 Å². The van der Waals surface area contributed by atoms with Crippen LogP contribution < -0.4 is 9.75 Å². The van der Waals surface area contributed by atoms with Crippen LogP contribution in [0.2, 0.25) is 0 Å². The largest absolute Gasteiger partial charge is 0.497 e. The summed E-state index contributed by atoms with van der Waals surface area (Å²) in [6, 6.07) is 10.5. The lowest BCUT2D eigenvalue weighted by atomic mass is 10.1. The highest BCUT2D eigenvalue weighted by atomic mass is 16.6. The highest BCUT2D eigenvalue weighted by Gasteiger charge is 2.36. The second-order valence-electron chi connectivity index (χ2n) is 6.37. The van der Waals surface area contributed by atoms with Gasteiger partial charge in [-0.3, -0.25) is 20.2 Å². The van der Waals surface area contributed by atoms with Crippen molar-refractivity contribution in [3.05, 3.63) is 68.3 Å². The van der Waals surface area contributed by atoms with E-state index in [0.29, 0.717) is 17.2 Å². The molecule has 0 N–H and O–H groups in total. The Bertz CT molecular complexity index is 942. The summed E-state index contributed by atoms with van der Waals surface area (Å²) in [6.07, 6.45) is -0.747. The quantitative estimate of drug-likeness (QED) is 0.543. The van der Waals surface area contributed by atoms with Crippen molar-refractivity contribution >= 4 is 23.0 Å². The molecule has 1 heterocycles. The minimum atomic E-state index is -0.747. The van der Waals surface area contributed by atoms with Gasteiger partial charge in [0.15, 0.2) is 0 Å². The van der Waals surface area contributed by atoms with Crippen molar-refractivity contribution in [2.45, 2.75) is 20.1 Å². The van der Waals surface area contributed by atoms with E-state index < -0.39 is 21.8 Å². The van der Waals surface area contributed by atoms with Crippen LogP contribution in [0.15, 0.2) is 47.6 Å². The third-order valence-corrected chi connectivity index (χ3v) is 4.17. The number of non-ortho nitro benzene ring substituents is 1. The lowest BCUT2D eigenvalue weighted by Gasteiger charge is -2.22. The highest BCUT2D eigenvalue weighted by Crippen LogP contribution is 2.40. The Morgan fingerprint density at radius 3 is 2.32 bits per heavy atom. The number of benzene rings is 2. The summed E-state index contributed by atoms with van der Waals surface area (Å²) in [5, 5.41) is 28.3. The van der Waals surface area contributed by atoms with Gasteiger partial charge in [0.1, 0.15) is 11.4 Å². The van der Waals surface area contributed by atoms with Gasteiger partial charge >= 0.3 is 5.69 Å². The third kappa shape index (κ3) is 3.56. The molecule has 0 aliphatic carbocycles. The van der Waals surface area contributed by atoms with Crippen LogP contribution in [0.3, 0.4) is 0 Å². The zero-order valence-electron chi connectivity index (χ0n) is 15.4. The molecular weight excluding hydrogens is 368 g/mol. The first-order chi connectivity index (χ1) is 13.3. The summed E-state index contributed by atoms with van der Waals surface area (Å²) < 4.78 is 11.1. The number of anilines is 1. The van der Waals surface area contributed by atoms with Crippen LogP contribution in [-0.2, 0) is 4.74 Å². The summed E-state index contributed by atoms with van der Waals surface area (Å²) in [5.41, 5.74) is 0.00890. The summed E-state index contributed by atoms with van der Waals surface area (Å²) in [7, 11) is 1.55. The van der Waals surface area contributed by atoms with Crippen LogP contribution in [0.1, 0.15) is 25.6 Å². The topological polar surface area (TPSA) is 120 Å². The maximum Gasteiger partial charge on any atom is 0.301 e. The van der Waals surface area contributed by atoms with E-state index in [-0.39, 0.29) is 17.3 Å². The molecule has 0 radical (unpaired) electrons. The number of rotatable bonds is 6. The van der Waals surface area contributed by atoms with Gasteiger partial charge in [-0.1, -0.05) is 13.8 Å². The number of hydrazone groups is 1. The molecule has 0 amide bonds. The van der Waals surface area contributed by atoms with Gasteiger partial charge in [0.25, 0.3) is 5.69 Å². The maximum absolute atomic E-state index is 11.5. The lowest BCUT2D eigenvalue weighted by molar-refractivity contribution is -0.393. The Kier molecular flexibility index (Phi) is 5.12. The number of ether oxygens (including phenoxy) is 2. The second-order valence-corrected chi connectivity index (χ2v) is 6.37. The van der Waals surface area contributed by atoms with E-state index in [2.05, 4.69) is 5.10 Å². The van der Waals surface area contributed by atoms with E-state index in [0.717, 1.165) is 6.07 Å². The predicted molar refractivity (Wildman–Crippen MR) is 101 cm³/mol. The first kappa shape index (κ1) is 19.1. The molecule has 2 aromatic rings. The molecule has 1 aliphatic heterocycles. The Labute approximate surface area is 160 Å². The van der Waals surface area contributed by atoms with Crippen LogP contribution >= 0.6 is 0 Å². The van der Waals surface area contributed by atoms with Crippen LogP contribution in [0, 0.1) is 26.1 Å². The molecule has 1 unspecified atom stereocenters. The van der Waals surface area contributed by atoms with Crippen LogP contribution in [0.4, 0.5) is 17.1 Å². The van der Waals surface area contributed by atoms with Gasteiger partial charge in [-0.25, -0.2) is 5.01 Å². The third-order valence-electron chi connectivity index (χ3n) is 4.17. The fraction of sp³-hybridized carbons (Fsp3) is 0.278. The summed E-state index contributed by atoms with van der Waals surface area (Å²) in [5.74, 6) is 1.01. The van der Waals surface area contributed by atoms with Crippen molar-refractivity contribution in [2.24, 2.45) is 11.0 Å². The molecule has 10 nitrogen and oxygen atoms in total. The van der Waals surface area contributed by atoms with E-state index >= 15 is 0 Å². The van der Waals surface area contributed by atoms with Gasteiger partial charge in [-0.05, 0) is 30.3 Å². The number of hydrogen-bond donors (Lipinski definition) is 0. The number of nitro groups is 2. The number of nitro benzene ring substituents is 2. The molecule has 0 saturated carbocycles. The van der Waals surface area contributed by atoms with Crippen molar-refractivity contribution in [1.29, 1.82) is 0 Å². The summed E-state index contributed by atoms with van der Waals surface area (Å²) >= 11 is 0. The first-order valence-corrected chi connectivity index (χ1v) is 8.43. The Morgan fingerprint density at radius 2 is 1.79 bits per heavy atom. The molecular formula is C18H18N4O6. The normalized spacial score (nSPS) is 15.9. The van der Waals surface area contributed by atoms with E-state index in [1.54, 1.807) is 31.4 Å². The minimum absolute atomic E-state index is 0.0529. The summed E-state index contributed by atoms with van der Waals surface area (Å²) in [4.78, 5) is 21.2.